The number of hydrogen-bond acceptors (Lipinski definition) is 6. The van der Waals surface area contributed by atoms with Crippen LogP contribution in [-0.2, 0) is 11.3 Å². The number of benzene rings is 1. The Bertz CT molecular complexity index is 939. The van der Waals surface area contributed by atoms with Gasteiger partial charge in [0.25, 0.3) is 5.56 Å². The first kappa shape index (κ1) is 14.5. The number of carbonyl (C=O) groups excluding carboxylic acids is 1. The van der Waals surface area contributed by atoms with Crippen LogP contribution in [0.2, 0.25) is 0 Å². The van der Waals surface area contributed by atoms with Crippen molar-refractivity contribution in [3.8, 4) is 11.3 Å². The molecular weight excluding hydrogens is 302 g/mol. The number of rotatable bonds is 4. The Hall–Kier alpha value is -3.42. The van der Waals surface area contributed by atoms with E-state index >= 15 is 0 Å². The standard InChI is InChI=1S/C15H11N3O5/c19-13-11(7-16-15(21)17-13)12-6-10(23-18-12)8-22-14(20)9-4-2-1-3-5-9/h1-7H,8H2,(H2,16,17,19,21). The summed E-state index contributed by atoms with van der Waals surface area (Å²) in [7, 11) is 0. The Morgan fingerprint density at radius 1 is 1.22 bits per heavy atom. The fraction of sp³-hybridized carbons (Fsp3) is 0.0667. The SMILES string of the molecule is O=C(OCc1cc(-c2c[nH]c(=O)[nH]c2=O)no1)c1ccccc1. The van der Waals surface area contributed by atoms with Crippen molar-refractivity contribution < 1.29 is 14.1 Å². The van der Waals surface area contributed by atoms with E-state index in [0.29, 0.717) is 5.56 Å². The zero-order valence-corrected chi connectivity index (χ0v) is 11.7. The van der Waals surface area contributed by atoms with Crippen LogP contribution in [0.15, 0.2) is 56.7 Å². The summed E-state index contributed by atoms with van der Waals surface area (Å²) in [5.74, 6) is -0.222. The number of esters is 1. The van der Waals surface area contributed by atoms with Crippen LogP contribution in [0.1, 0.15) is 16.1 Å². The van der Waals surface area contributed by atoms with Gasteiger partial charge in [-0.25, -0.2) is 9.59 Å². The van der Waals surface area contributed by atoms with E-state index in [1.54, 1.807) is 30.3 Å². The van der Waals surface area contributed by atoms with Gasteiger partial charge in [0.05, 0.1) is 11.1 Å². The van der Waals surface area contributed by atoms with Crippen molar-refractivity contribution >= 4 is 5.97 Å². The molecule has 23 heavy (non-hydrogen) atoms. The Morgan fingerprint density at radius 3 is 2.74 bits per heavy atom. The largest absolute Gasteiger partial charge is 0.454 e. The molecule has 8 heteroatoms. The third-order valence-electron chi connectivity index (χ3n) is 3.01. The van der Waals surface area contributed by atoms with E-state index in [1.165, 1.54) is 12.3 Å². The number of carbonyl (C=O) groups is 1. The zero-order valence-electron chi connectivity index (χ0n) is 11.7. The number of hydrogen-bond donors (Lipinski definition) is 2. The Morgan fingerprint density at radius 2 is 2.00 bits per heavy atom. The minimum Gasteiger partial charge on any atom is -0.454 e. The predicted molar refractivity (Wildman–Crippen MR) is 78.7 cm³/mol. The van der Waals surface area contributed by atoms with Gasteiger partial charge in [0.2, 0.25) is 0 Å². The molecule has 0 saturated carbocycles. The van der Waals surface area contributed by atoms with Gasteiger partial charge in [-0.3, -0.25) is 9.78 Å². The molecule has 1 aromatic carbocycles. The second kappa shape index (κ2) is 6.14. The van der Waals surface area contributed by atoms with Crippen LogP contribution in [0.3, 0.4) is 0 Å². The van der Waals surface area contributed by atoms with Crippen molar-refractivity contribution in [1.29, 1.82) is 0 Å². The predicted octanol–water partition coefficient (Wildman–Crippen LogP) is 1.08. The molecule has 0 bridgehead atoms. The van der Waals surface area contributed by atoms with Gasteiger partial charge in [0.1, 0.15) is 5.69 Å². The molecule has 2 heterocycles. The van der Waals surface area contributed by atoms with Crippen LogP contribution >= 0.6 is 0 Å². The molecule has 0 radical (unpaired) electrons. The molecular formula is C15H11N3O5. The molecule has 3 rings (SSSR count). The summed E-state index contributed by atoms with van der Waals surface area (Å²) >= 11 is 0. The average Bonchev–Trinajstić information content (AvgIpc) is 3.02. The minimum absolute atomic E-state index is 0.123. The van der Waals surface area contributed by atoms with E-state index in [0.717, 1.165) is 0 Å². The molecule has 2 aromatic heterocycles. The van der Waals surface area contributed by atoms with Crippen LogP contribution in [0.5, 0.6) is 0 Å². The molecule has 3 aromatic rings. The molecule has 0 saturated heterocycles. The quantitative estimate of drug-likeness (QED) is 0.696. The minimum atomic E-state index is -0.612. The number of nitrogens with zero attached hydrogens (tertiary/aromatic N) is 1. The first-order valence-electron chi connectivity index (χ1n) is 6.63. The highest BCUT2D eigenvalue weighted by Gasteiger charge is 2.13. The van der Waals surface area contributed by atoms with Crippen LogP contribution in [-0.4, -0.2) is 21.1 Å². The number of H-pyrrole nitrogens is 2. The van der Waals surface area contributed by atoms with E-state index in [4.69, 9.17) is 9.26 Å². The lowest BCUT2D eigenvalue weighted by Gasteiger charge is -2.01. The first-order valence-corrected chi connectivity index (χ1v) is 6.63. The third-order valence-corrected chi connectivity index (χ3v) is 3.01. The monoisotopic (exact) mass is 313 g/mol. The van der Waals surface area contributed by atoms with Crippen LogP contribution in [0.25, 0.3) is 11.3 Å². The van der Waals surface area contributed by atoms with E-state index in [1.807, 2.05) is 0 Å². The lowest BCUT2D eigenvalue weighted by molar-refractivity contribution is 0.0437. The molecule has 0 aliphatic carbocycles. The van der Waals surface area contributed by atoms with Crippen LogP contribution in [0.4, 0.5) is 0 Å². The van der Waals surface area contributed by atoms with Crippen molar-refractivity contribution in [2.45, 2.75) is 6.61 Å². The van der Waals surface area contributed by atoms with Crippen molar-refractivity contribution in [3.05, 3.63) is 74.8 Å². The van der Waals surface area contributed by atoms with Gasteiger partial charge in [0.15, 0.2) is 12.4 Å². The van der Waals surface area contributed by atoms with Gasteiger partial charge in [0, 0.05) is 12.3 Å². The molecule has 2 N–H and O–H groups in total. The highest BCUT2D eigenvalue weighted by atomic mass is 16.5. The number of ether oxygens (including phenoxy) is 1. The van der Waals surface area contributed by atoms with E-state index in [-0.39, 0.29) is 23.6 Å². The van der Waals surface area contributed by atoms with Gasteiger partial charge in [-0.15, -0.1) is 0 Å². The van der Waals surface area contributed by atoms with Crippen LogP contribution in [0, 0.1) is 0 Å². The van der Waals surface area contributed by atoms with Crippen LogP contribution < -0.4 is 11.2 Å². The van der Waals surface area contributed by atoms with Gasteiger partial charge in [-0.1, -0.05) is 23.4 Å². The molecule has 0 unspecified atom stereocenters. The second-order valence-electron chi connectivity index (χ2n) is 4.61. The number of aromatic nitrogens is 3. The highest BCUT2D eigenvalue weighted by molar-refractivity contribution is 5.89. The van der Waals surface area contributed by atoms with E-state index in [2.05, 4.69) is 15.1 Å². The molecule has 116 valence electrons. The third kappa shape index (κ3) is 3.26. The van der Waals surface area contributed by atoms with E-state index < -0.39 is 17.2 Å². The molecule has 0 fully saturated rings. The van der Waals surface area contributed by atoms with E-state index in [9.17, 15) is 14.4 Å². The topological polar surface area (TPSA) is 118 Å². The molecule has 0 amide bonds. The van der Waals surface area contributed by atoms with Crippen molar-refractivity contribution in [1.82, 2.24) is 15.1 Å². The molecule has 0 aliphatic heterocycles. The Balaban J connectivity index is 1.71. The second-order valence-corrected chi connectivity index (χ2v) is 4.61. The maximum atomic E-state index is 11.8. The fourth-order valence-electron chi connectivity index (χ4n) is 1.90. The highest BCUT2D eigenvalue weighted by Crippen LogP contribution is 2.15. The Kier molecular flexibility index (Phi) is 3.88. The molecule has 0 atom stereocenters. The van der Waals surface area contributed by atoms with Gasteiger partial charge in [-0.05, 0) is 12.1 Å². The summed E-state index contributed by atoms with van der Waals surface area (Å²) in [5, 5.41) is 3.72. The molecule has 0 spiro atoms. The normalized spacial score (nSPS) is 10.4. The summed E-state index contributed by atoms with van der Waals surface area (Å²) in [6.07, 6.45) is 1.23. The maximum Gasteiger partial charge on any atom is 0.338 e. The summed E-state index contributed by atoms with van der Waals surface area (Å²) < 4.78 is 10.1. The van der Waals surface area contributed by atoms with Crippen molar-refractivity contribution in [2.24, 2.45) is 0 Å². The Labute approximate surface area is 128 Å². The summed E-state index contributed by atoms with van der Waals surface area (Å²) in [4.78, 5) is 38.9. The fourth-order valence-corrected chi connectivity index (χ4v) is 1.90. The van der Waals surface area contributed by atoms with Gasteiger partial charge < -0.3 is 14.2 Å². The smallest absolute Gasteiger partial charge is 0.338 e. The number of nitrogens with one attached hydrogen (secondary N) is 2. The summed E-state index contributed by atoms with van der Waals surface area (Å²) in [5.41, 5.74) is -0.402. The van der Waals surface area contributed by atoms with Gasteiger partial charge >= 0.3 is 11.7 Å². The first-order chi connectivity index (χ1) is 11.1. The van der Waals surface area contributed by atoms with Crippen molar-refractivity contribution in [2.75, 3.05) is 0 Å². The summed E-state index contributed by atoms with van der Waals surface area (Å²) in [6, 6.07) is 9.97. The maximum absolute atomic E-state index is 11.8. The lowest BCUT2D eigenvalue weighted by Crippen LogP contribution is -2.22. The lowest BCUT2D eigenvalue weighted by atomic mass is 10.2. The number of aromatic amines is 2. The molecule has 0 aliphatic rings. The molecule has 8 nitrogen and oxygen atoms in total. The van der Waals surface area contributed by atoms with Gasteiger partial charge in [-0.2, -0.15) is 0 Å². The summed E-state index contributed by atoms with van der Waals surface area (Å²) in [6.45, 7) is -0.123. The van der Waals surface area contributed by atoms with Crippen molar-refractivity contribution in [3.63, 3.8) is 0 Å². The average molecular weight is 313 g/mol. The zero-order chi connectivity index (χ0) is 16.2.